The molecule has 0 N–H and O–H groups in total. The van der Waals surface area contributed by atoms with Gasteiger partial charge >= 0.3 is 0 Å². The zero-order chi connectivity index (χ0) is 10.4. The Morgan fingerprint density at radius 1 is 1.43 bits per heavy atom. The molecule has 1 nitrogen and oxygen atoms in total. The largest absolute Gasteiger partial charge is 0.294 e. The Bertz CT molecular complexity index is 303. The van der Waals surface area contributed by atoms with Crippen molar-refractivity contribution in [3.05, 3.63) is 34.0 Å². The van der Waals surface area contributed by atoms with Crippen LogP contribution in [0, 0.1) is 0 Å². The molecule has 0 aliphatic carbocycles. The highest BCUT2D eigenvalue weighted by molar-refractivity contribution is 7.08. The van der Waals surface area contributed by atoms with Crippen LogP contribution in [0.4, 0.5) is 0 Å². The van der Waals surface area contributed by atoms with Crippen molar-refractivity contribution in [3.63, 3.8) is 0 Å². The Hall–Kier alpha value is -0.890. The van der Waals surface area contributed by atoms with Crippen molar-refractivity contribution in [1.29, 1.82) is 0 Å². The number of carbonyl (C=O) groups excluding carboxylic acids is 1. The van der Waals surface area contributed by atoms with Gasteiger partial charge in [-0.3, -0.25) is 4.79 Å². The van der Waals surface area contributed by atoms with Crippen molar-refractivity contribution < 1.29 is 4.79 Å². The summed E-state index contributed by atoms with van der Waals surface area (Å²) in [5.74, 6) is 0.224. The summed E-state index contributed by atoms with van der Waals surface area (Å²) in [4.78, 5) is 11.6. The lowest BCUT2D eigenvalue weighted by Gasteiger charge is -1.98. The third-order valence-electron chi connectivity index (χ3n) is 2.23. The van der Waals surface area contributed by atoms with E-state index in [4.69, 9.17) is 0 Å². The van der Waals surface area contributed by atoms with E-state index in [0.29, 0.717) is 6.42 Å². The highest BCUT2D eigenvalue weighted by Crippen LogP contribution is 2.10. The topological polar surface area (TPSA) is 17.1 Å². The van der Waals surface area contributed by atoms with Gasteiger partial charge in [-0.2, -0.15) is 11.3 Å². The van der Waals surface area contributed by atoms with Crippen LogP contribution in [0.25, 0.3) is 0 Å². The highest BCUT2D eigenvalue weighted by atomic mass is 32.1. The molecular formula is C12H16OS. The number of ketones is 1. The van der Waals surface area contributed by atoms with E-state index in [1.165, 1.54) is 5.57 Å². The number of carbonyl (C=O) groups is 1. The third-order valence-corrected chi connectivity index (χ3v) is 2.96. The summed E-state index contributed by atoms with van der Waals surface area (Å²) in [5, 5.41) is 4.04. The van der Waals surface area contributed by atoms with Crippen LogP contribution in [0.3, 0.4) is 0 Å². The minimum Gasteiger partial charge on any atom is -0.294 e. The molecular weight excluding hydrogens is 192 g/mol. The Morgan fingerprint density at radius 3 is 2.64 bits per heavy atom. The second-order valence-corrected chi connectivity index (χ2v) is 4.06. The van der Waals surface area contributed by atoms with Gasteiger partial charge in [0.2, 0.25) is 0 Å². The molecule has 0 saturated heterocycles. The minimum atomic E-state index is 0.224. The Kier molecular flexibility index (Phi) is 4.60. The average molecular weight is 208 g/mol. The molecule has 1 aromatic rings. The van der Waals surface area contributed by atoms with Crippen molar-refractivity contribution in [2.75, 3.05) is 0 Å². The van der Waals surface area contributed by atoms with Gasteiger partial charge in [0.1, 0.15) is 0 Å². The lowest BCUT2D eigenvalue weighted by molar-refractivity contribution is -0.114. The van der Waals surface area contributed by atoms with E-state index >= 15 is 0 Å². The van der Waals surface area contributed by atoms with Crippen LogP contribution >= 0.6 is 11.3 Å². The summed E-state index contributed by atoms with van der Waals surface area (Å²) in [7, 11) is 0. The predicted molar refractivity (Wildman–Crippen MR) is 61.7 cm³/mol. The monoisotopic (exact) mass is 208 g/mol. The second kappa shape index (κ2) is 5.76. The number of hydrogen-bond acceptors (Lipinski definition) is 2. The first-order valence-electron chi connectivity index (χ1n) is 4.99. The number of allylic oxidation sites excluding steroid dienone is 2. The quantitative estimate of drug-likeness (QED) is 0.676. The molecule has 0 aromatic carbocycles. The molecule has 1 aromatic heterocycles. The van der Waals surface area contributed by atoms with Crippen LogP contribution in [0.5, 0.6) is 0 Å². The maximum Gasteiger partial charge on any atom is 0.160 e. The third kappa shape index (κ3) is 3.46. The van der Waals surface area contributed by atoms with Crippen molar-refractivity contribution in [2.45, 2.75) is 33.1 Å². The molecule has 1 heterocycles. The molecule has 0 bridgehead atoms. The summed E-state index contributed by atoms with van der Waals surface area (Å²) >= 11 is 1.64. The molecule has 0 fully saturated rings. The van der Waals surface area contributed by atoms with Gasteiger partial charge in [-0.15, -0.1) is 0 Å². The lowest BCUT2D eigenvalue weighted by atomic mass is 10.1. The molecule has 14 heavy (non-hydrogen) atoms. The van der Waals surface area contributed by atoms with E-state index in [0.717, 1.165) is 18.4 Å². The first-order chi connectivity index (χ1) is 6.76. The van der Waals surface area contributed by atoms with Crippen LogP contribution in [0.1, 0.15) is 32.3 Å². The lowest BCUT2D eigenvalue weighted by Crippen LogP contribution is -1.98. The van der Waals surface area contributed by atoms with Crippen LogP contribution in [-0.2, 0) is 11.2 Å². The van der Waals surface area contributed by atoms with Gasteiger partial charge in [0.15, 0.2) is 5.78 Å². The number of thiophene rings is 1. The van der Waals surface area contributed by atoms with Crippen molar-refractivity contribution in [3.8, 4) is 0 Å². The van der Waals surface area contributed by atoms with E-state index < -0.39 is 0 Å². The van der Waals surface area contributed by atoms with E-state index in [2.05, 4.69) is 13.8 Å². The van der Waals surface area contributed by atoms with E-state index in [1.807, 2.05) is 16.8 Å². The predicted octanol–water partition coefficient (Wildman–Crippen LogP) is 3.61. The van der Waals surface area contributed by atoms with Gasteiger partial charge in [-0.25, -0.2) is 0 Å². The fourth-order valence-corrected chi connectivity index (χ4v) is 2.00. The Labute approximate surface area is 89.5 Å². The molecule has 76 valence electrons. The maximum absolute atomic E-state index is 11.6. The van der Waals surface area contributed by atoms with Gasteiger partial charge in [0.05, 0.1) is 0 Å². The smallest absolute Gasteiger partial charge is 0.160 e. The van der Waals surface area contributed by atoms with Gasteiger partial charge < -0.3 is 0 Å². The standard InChI is InChI=1S/C12H16OS/c1-3-10(4-2)7-12(13)8-11-5-6-14-9-11/h5-7,9H,3-4,8H2,1-2H3. The van der Waals surface area contributed by atoms with E-state index in [9.17, 15) is 4.79 Å². The first kappa shape index (κ1) is 11.2. The Morgan fingerprint density at radius 2 is 2.14 bits per heavy atom. The van der Waals surface area contributed by atoms with Crippen LogP contribution < -0.4 is 0 Å². The second-order valence-electron chi connectivity index (χ2n) is 3.28. The molecule has 0 aliphatic rings. The van der Waals surface area contributed by atoms with Crippen molar-refractivity contribution >= 4 is 17.1 Å². The van der Waals surface area contributed by atoms with Crippen LogP contribution in [-0.4, -0.2) is 5.78 Å². The SMILES string of the molecule is CCC(=CC(=O)Cc1ccsc1)CC. The van der Waals surface area contributed by atoms with Crippen LogP contribution in [0.15, 0.2) is 28.5 Å². The first-order valence-corrected chi connectivity index (χ1v) is 5.93. The van der Waals surface area contributed by atoms with E-state index in [-0.39, 0.29) is 5.78 Å². The zero-order valence-electron chi connectivity index (χ0n) is 8.75. The molecule has 1 rings (SSSR count). The molecule has 0 radical (unpaired) electrons. The molecule has 0 spiro atoms. The summed E-state index contributed by atoms with van der Waals surface area (Å²) in [6.07, 6.45) is 4.31. The average Bonchev–Trinajstić information content (AvgIpc) is 2.66. The van der Waals surface area contributed by atoms with E-state index in [1.54, 1.807) is 17.4 Å². The molecule has 0 aliphatic heterocycles. The van der Waals surface area contributed by atoms with Gasteiger partial charge in [-0.05, 0) is 41.3 Å². The molecule has 0 saturated carbocycles. The normalized spacial score (nSPS) is 9.86. The summed E-state index contributed by atoms with van der Waals surface area (Å²) in [6.45, 7) is 4.18. The molecule has 2 heteroatoms. The fraction of sp³-hybridized carbons (Fsp3) is 0.417. The maximum atomic E-state index is 11.6. The van der Waals surface area contributed by atoms with Crippen molar-refractivity contribution in [1.82, 2.24) is 0 Å². The summed E-state index contributed by atoms with van der Waals surface area (Å²) in [5.41, 5.74) is 2.37. The van der Waals surface area contributed by atoms with Crippen molar-refractivity contribution in [2.24, 2.45) is 0 Å². The number of hydrogen-bond donors (Lipinski definition) is 0. The molecule has 0 atom stereocenters. The summed E-state index contributed by atoms with van der Waals surface area (Å²) < 4.78 is 0. The highest BCUT2D eigenvalue weighted by Gasteiger charge is 2.01. The van der Waals surface area contributed by atoms with Gasteiger partial charge in [0.25, 0.3) is 0 Å². The molecule has 0 amide bonds. The fourth-order valence-electron chi connectivity index (χ4n) is 1.33. The number of rotatable bonds is 5. The zero-order valence-corrected chi connectivity index (χ0v) is 9.56. The Balaban J connectivity index is 2.54. The van der Waals surface area contributed by atoms with Gasteiger partial charge in [0, 0.05) is 6.42 Å². The van der Waals surface area contributed by atoms with Crippen LogP contribution in [0.2, 0.25) is 0 Å². The van der Waals surface area contributed by atoms with Gasteiger partial charge in [-0.1, -0.05) is 19.4 Å². The molecule has 0 unspecified atom stereocenters. The minimum absolute atomic E-state index is 0.224. The summed E-state index contributed by atoms with van der Waals surface area (Å²) in [6, 6.07) is 2.01.